The summed E-state index contributed by atoms with van der Waals surface area (Å²) in [7, 11) is 1.63. The average molecular weight is 329 g/mol. The number of methoxy groups -OCH3 is 1. The van der Waals surface area contributed by atoms with Gasteiger partial charge < -0.3 is 14.8 Å². The highest BCUT2D eigenvalue weighted by atomic mass is 32.2. The summed E-state index contributed by atoms with van der Waals surface area (Å²) in [6.07, 6.45) is 0.798. The maximum absolute atomic E-state index is 12.2. The standard InChI is InChI=1S/C18H19NO3S/c1-21-14-6-8-15(9-7-14)22-11-10-19-18(20)17-12-13-4-2-3-5-16(13)23-17/h2-9,17H,10-12H2,1H3,(H,19,20). The van der Waals surface area contributed by atoms with E-state index in [1.807, 2.05) is 36.4 Å². The van der Waals surface area contributed by atoms with Crippen molar-refractivity contribution in [1.29, 1.82) is 0 Å². The highest BCUT2D eigenvalue weighted by Gasteiger charge is 2.27. The zero-order chi connectivity index (χ0) is 16.1. The first kappa shape index (κ1) is 15.7. The van der Waals surface area contributed by atoms with Crippen LogP contribution in [-0.2, 0) is 11.2 Å². The Morgan fingerprint density at radius 1 is 1.17 bits per heavy atom. The third-order valence-electron chi connectivity index (χ3n) is 3.67. The fraction of sp³-hybridized carbons (Fsp3) is 0.278. The normalized spacial score (nSPS) is 15.8. The minimum atomic E-state index is -0.0339. The van der Waals surface area contributed by atoms with E-state index in [2.05, 4.69) is 17.4 Å². The zero-order valence-corrected chi connectivity index (χ0v) is 13.8. The van der Waals surface area contributed by atoms with Crippen molar-refractivity contribution < 1.29 is 14.3 Å². The Hall–Kier alpha value is -2.14. The molecule has 5 heteroatoms. The molecule has 2 aromatic carbocycles. The average Bonchev–Trinajstić information content (AvgIpc) is 3.03. The quantitative estimate of drug-likeness (QED) is 0.828. The minimum absolute atomic E-state index is 0.0339. The third kappa shape index (κ3) is 3.99. The number of thioether (sulfide) groups is 1. The molecular formula is C18H19NO3S. The van der Waals surface area contributed by atoms with Crippen LogP contribution in [0.1, 0.15) is 5.56 Å². The second-order valence-corrected chi connectivity index (χ2v) is 6.48. The molecule has 1 N–H and O–H groups in total. The van der Waals surface area contributed by atoms with Crippen molar-refractivity contribution in [3.63, 3.8) is 0 Å². The van der Waals surface area contributed by atoms with Crippen LogP contribution in [0.2, 0.25) is 0 Å². The van der Waals surface area contributed by atoms with Crippen molar-refractivity contribution in [1.82, 2.24) is 5.32 Å². The summed E-state index contributed by atoms with van der Waals surface area (Å²) in [6.45, 7) is 0.945. The number of hydrogen-bond donors (Lipinski definition) is 1. The Morgan fingerprint density at radius 2 is 1.91 bits per heavy atom. The van der Waals surface area contributed by atoms with Crippen molar-refractivity contribution in [3.8, 4) is 11.5 Å². The maximum Gasteiger partial charge on any atom is 0.233 e. The molecule has 1 amide bonds. The summed E-state index contributed by atoms with van der Waals surface area (Å²) in [5, 5.41) is 2.91. The Labute approximate surface area is 140 Å². The number of ether oxygens (including phenoxy) is 2. The van der Waals surface area contributed by atoms with Crippen LogP contribution in [0.5, 0.6) is 11.5 Å². The molecular weight excluding hydrogens is 310 g/mol. The van der Waals surface area contributed by atoms with Gasteiger partial charge in [-0.3, -0.25) is 4.79 Å². The first-order valence-corrected chi connectivity index (χ1v) is 8.43. The Kier molecular flexibility index (Phi) is 5.08. The van der Waals surface area contributed by atoms with Gasteiger partial charge in [0.2, 0.25) is 5.91 Å². The molecule has 0 bridgehead atoms. The molecule has 1 heterocycles. The van der Waals surface area contributed by atoms with Crippen LogP contribution in [0.25, 0.3) is 0 Å². The molecule has 1 atom stereocenters. The molecule has 1 unspecified atom stereocenters. The molecule has 0 spiro atoms. The van der Waals surface area contributed by atoms with E-state index in [0.717, 1.165) is 17.9 Å². The van der Waals surface area contributed by atoms with Gasteiger partial charge in [0.05, 0.1) is 18.9 Å². The van der Waals surface area contributed by atoms with Gasteiger partial charge >= 0.3 is 0 Å². The molecule has 1 aliphatic heterocycles. The summed E-state index contributed by atoms with van der Waals surface area (Å²) >= 11 is 1.64. The molecule has 1 aliphatic rings. The van der Waals surface area contributed by atoms with E-state index in [1.54, 1.807) is 18.9 Å². The van der Waals surface area contributed by atoms with Gasteiger partial charge in [-0.1, -0.05) is 18.2 Å². The van der Waals surface area contributed by atoms with E-state index in [4.69, 9.17) is 9.47 Å². The topological polar surface area (TPSA) is 47.6 Å². The monoisotopic (exact) mass is 329 g/mol. The van der Waals surface area contributed by atoms with Crippen molar-refractivity contribution in [2.75, 3.05) is 20.3 Å². The van der Waals surface area contributed by atoms with Crippen LogP contribution in [0, 0.1) is 0 Å². The van der Waals surface area contributed by atoms with Crippen molar-refractivity contribution in [3.05, 3.63) is 54.1 Å². The van der Waals surface area contributed by atoms with E-state index >= 15 is 0 Å². The first-order chi connectivity index (χ1) is 11.3. The Bertz CT molecular complexity index is 647. The maximum atomic E-state index is 12.2. The molecule has 0 saturated heterocycles. The summed E-state index contributed by atoms with van der Waals surface area (Å²) in [5.41, 5.74) is 1.26. The number of carbonyl (C=O) groups excluding carboxylic acids is 1. The summed E-state index contributed by atoms with van der Waals surface area (Å²) in [6, 6.07) is 15.6. The number of benzene rings is 2. The summed E-state index contributed by atoms with van der Waals surface area (Å²) in [4.78, 5) is 13.4. The smallest absolute Gasteiger partial charge is 0.233 e. The molecule has 0 aromatic heterocycles. The van der Waals surface area contributed by atoms with Crippen LogP contribution in [0.3, 0.4) is 0 Å². The number of carbonyl (C=O) groups is 1. The van der Waals surface area contributed by atoms with E-state index in [9.17, 15) is 4.79 Å². The van der Waals surface area contributed by atoms with Gasteiger partial charge in [-0.2, -0.15) is 0 Å². The lowest BCUT2D eigenvalue weighted by Crippen LogP contribution is -2.35. The Morgan fingerprint density at radius 3 is 2.65 bits per heavy atom. The molecule has 23 heavy (non-hydrogen) atoms. The number of nitrogens with one attached hydrogen (secondary N) is 1. The lowest BCUT2D eigenvalue weighted by molar-refractivity contribution is -0.120. The van der Waals surface area contributed by atoms with Gasteiger partial charge in [-0.05, 0) is 42.3 Å². The zero-order valence-electron chi connectivity index (χ0n) is 13.0. The van der Waals surface area contributed by atoms with Crippen LogP contribution >= 0.6 is 11.8 Å². The number of amides is 1. The highest BCUT2D eigenvalue weighted by molar-refractivity contribution is 8.01. The van der Waals surface area contributed by atoms with E-state index in [-0.39, 0.29) is 11.2 Å². The lowest BCUT2D eigenvalue weighted by Gasteiger charge is -2.11. The minimum Gasteiger partial charge on any atom is -0.497 e. The van der Waals surface area contributed by atoms with E-state index < -0.39 is 0 Å². The summed E-state index contributed by atoms with van der Waals surface area (Å²) < 4.78 is 10.7. The van der Waals surface area contributed by atoms with E-state index in [0.29, 0.717) is 13.2 Å². The molecule has 0 aliphatic carbocycles. The third-order valence-corrected chi connectivity index (χ3v) is 4.99. The molecule has 0 radical (unpaired) electrons. The molecule has 4 nitrogen and oxygen atoms in total. The van der Waals surface area contributed by atoms with Gasteiger partial charge in [0.15, 0.2) is 0 Å². The SMILES string of the molecule is COc1ccc(OCCNC(=O)C2Cc3ccccc3S2)cc1. The predicted octanol–water partition coefficient (Wildman–Crippen LogP) is 2.91. The molecule has 120 valence electrons. The van der Waals surface area contributed by atoms with Gasteiger partial charge in [-0.25, -0.2) is 0 Å². The molecule has 0 saturated carbocycles. The fourth-order valence-electron chi connectivity index (χ4n) is 2.46. The van der Waals surface area contributed by atoms with Crippen LogP contribution in [0.4, 0.5) is 0 Å². The van der Waals surface area contributed by atoms with Gasteiger partial charge in [0, 0.05) is 4.90 Å². The predicted molar refractivity (Wildman–Crippen MR) is 91.3 cm³/mol. The highest BCUT2D eigenvalue weighted by Crippen LogP contribution is 2.36. The largest absolute Gasteiger partial charge is 0.497 e. The number of hydrogen-bond acceptors (Lipinski definition) is 4. The van der Waals surface area contributed by atoms with E-state index in [1.165, 1.54) is 10.5 Å². The van der Waals surface area contributed by atoms with Crippen molar-refractivity contribution in [2.24, 2.45) is 0 Å². The van der Waals surface area contributed by atoms with Crippen molar-refractivity contribution >= 4 is 17.7 Å². The number of fused-ring (bicyclic) bond motifs is 1. The second-order valence-electron chi connectivity index (χ2n) is 5.23. The lowest BCUT2D eigenvalue weighted by atomic mass is 10.1. The summed E-state index contributed by atoms with van der Waals surface area (Å²) in [5.74, 6) is 1.63. The van der Waals surface area contributed by atoms with Crippen LogP contribution < -0.4 is 14.8 Å². The first-order valence-electron chi connectivity index (χ1n) is 7.55. The van der Waals surface area contributed by atoms with Crippen LogP contribution in [0.15, 0.2) is 53.4 Å². The number of rotatable bonds is 6. The second kappa shape index (κ2) is 7.42. The van der Waals surface area contributed by atoms with Gasteiger partial charge in [0.25, 0.3) is 0 Å². The van der Waals surface area contributed by atoms with Gasteiger partial charge in [0.1, 0.15) is 18.1 Å². The fourth-order valence-corrected chi connectivity index (χ4v) is 3.68. The van der Waals surface area contributed by atoms with Crippen molar-refractivity contribution in [2.45, 2.75) is 16.6 Å². The van der Waals surface area contributed by atoms with Crippen LogP contribution in [-0.4, -0.2) is 31.4 Å². The molecule has 0 fully saturated rings. The van der Waals surface area contributed by atoms with Gasteiger partial charge in [-0.15, -0.1) is 11.8 Å². The molecule has 3 rings (SSSR count). The molecule has 2 aromatic rings. The Balaban J connectivity index is 1.40.